The van der Waals surface area contributed by atoms with Crippen LogP contribution in [0.3, 0.4) is 0 Å². The molecule has 31 heavy (non-hydrogen) atoms. The first-order valence-electron chi connectivity index (χ1n) is 11.1. The van der Waals surface area contributed by atoms with Crippen LogP contribution in [0.25, 0.3) is 0 Å². The summed E-state index contributed by atoms with van der Waals surface area (Å²) >= 11 is 0. The molecule has 2 aromatic carbocycles. The first kappa shape index (κ1) is 21.2. The predicted molar refractivity (Wildman–Crippen MR) is 121 cm³/mol. The van der Waals surface area contributed by atoms with Crippen LogP contribution in [0.1, 0.15) is 65.5 Å². The first-order chi connectivity index (χ1) is 15.1. The summed E-state index contributed by atoms with van der Waals surface area (Å²) in [6, 6.07) is 14.7. The molecule has 2 aliphatic rings. The summed E-state index contributed by atoms with van der Waals surface area (Å²) in [6.45, 7) is 0.621. The number of carbonyl (C=O) groups excluding carboxylic acids is 2. The van der Waals surface area contributed by atoms with Crippen LogP contribution in [0, 0.1) is 0 Å². The number of hydrogen-bond acceptors (Lipinski definition) is 3. The summed E-state index contributed by atoms with van der Waals surface area (Å²) in [7, 11) is 3.40. The quantitative estimate of drug-likeness (QED) is 0.697. The zero-order chi connectivity index (χ0) is 21.8. The smallest absolute Gasteiger partial charge is 0.254 e. The molecule has 4 rings (SSSR count). The largest absolute Gasteiger partial charge is 0.497 e. The minimum absolute atomic E-state index is 0.0379. The summed E-state index contributed by atoms with van der Waals surface area (Å²) in [5.41, 5.74) is 3.75. The Kier molecular flexibility index (Phi) is 6.40. The summed E-state index contributed by atoms with van der Waals surface area (Å²) in [5.74, 6) is 0.181. The molecule has 0 spiro atoms. The van der Waals surface area contributed by atoms with Crippen LogP contribution in [-0.2, 0) is 4.79 Å². The Labute approximate surface area is 184 Å². The van der Waals surface area contributed by atoms with Gasteiger partial charge in [-0.1, -0.05) is 42.0 Å². The molecule has 2 unspecified atom stereocenters. The van der Waals surface area contributed by atoms with Crippen molar-refractivity contribution in [1.82, 2.24) is 10.2 Å². The fourth-order valence-corrected chi connectivity index (χ4v) is 4.76. The first-order valence-corrected chi connectivity index (χ1v) is 11.1. The van der Waals surface area contributed by atoms with E-state index >= 15 is 0 Å². The highest BCUT2D eigenvalue weighted by Gasteiger charge is 2.42. The number of methoxy groups -OCH3 is 1. The number of benzene rings is 2. The molecule has 5 heteroatoms. The zero-order valence-electron chi connectivity index (χ0n) is 18.3. The standard InChI is InChI=1S/C26H30N2O3/c1-28-24(19-12-14-20(31-2)15-13-19)23(21-10-6-7-11-22(21)26(28)30)25(29)27-17-16-18-8-4-3-5-9-18/h6-8,10-15,23-24H,3-5,9,16-17H2,1-2H3,(H,27,29). The number of rotatable bonds is 6. The predicted octanol–water partition coefficient (Wildman–Crippen LogP) is 4.61. The van der Waals surface area contributed by atoms with E-state index in [0.29, 0.717) is 12.1 Å². The van der Waals surface area contributed by atoms with Gasteiger partial charge < -0.3 is 15.0 Å². The second-order valence-corrected chi connectivity index (χ2v) is 8.35. The average molecular weight is 419 g/mol. The van der Waals surface area contributed by atoms with E-state index in [4.69, 9.17) is 4.74 Å². The lowest BCUT2D eigenvalue weighted by atomic mass is 9.79. The number of fused-ring (bicyclic) bond motifs is 1. The Morgan fingerprint density at radius 3 is 2.61 bits per heavy atom. The Hall–Kier alpha value is -3.08. The molecule has 0 aromatic heterocycles. The van der Waals surface area contributed by atoms with Crippen LogP contribution in [0.15, 0.2) is 60.2 Å². The molecule has 2 amide bonds. The monoisotopic (exact) mass is 418 g/mol. The van der Waals surface area contributed by atoms with E-state index in [1.165, 1.54) is 18.4 Å². The highest BCUT2D eigenvalue weighted by Crippen LogP contribution is 2.42. The van der Waals surface area contributed by atoms with E-state index < -0.39 is 5.92 Å². The Morgan fingerprint density at radius 2 is 1.90 bits per heavy atom. The van der Waals surface area contributed by atoms with Gasteiger partial charge in [-0.25, -0.2) is 0 Å². The molecule has 2 atom stereocenters. The van der Waals surface area contributed by atoms with Gasteiger partial charge in [0.25, 0.3) is 5.91 Å². The minimum Gasteiger partial charge on any atom is -0.497 e. The lowest BCUT2D eigenvalue weighted by molar-refractivity contribution is -0.124. The Bertz CT molecular complexity index is 980. The van der Waals surface area contributed by atoms with E-state index in [2.05, 4.69) is 11.4 Å². The number of allylic oxidation sites excluding steroid dienone is 1. The molecule has 5 nitrogen and oxygen atoms in total. The molecule has 2 aromatic rings. The van der Waals surface area contributed by atoms with Gasteiger partial charge in [-0.15, -0.1) is 0 Å². The molecule has 1 aliphatic heterocycles. The van der Waals surface area contributed by atoms with Gasteiger partial charge in [0.15, 0.2) is 0 Å². The van der Waals surface area contributed by atoms with E-state index in [1.54, 1.807) is 19.1 Å². The van der Waals surface area contributed by atoms with E-state index in [1.807, 2.05) is 48.5 Å². The number of hydrogen-bond donors (Lipinski definition) is 1. The lowest BCUT2D eigenvalue weighted by Crippen LogP contribution is -2.45. The van der Waals surface area contributed by atoms with Gasteiger partial charge in [0.1, 0.15) is 5.75 Å². The fourth-order valence-electron chi connectivity index (χ4n) is 4.76. The molecule has 162 valence electrons. The number of amides is 2. The fraction of sp³-hybridized carbons (Fsp3) is 0.385. The molecule has 0 fully saturated rings. The van der Waals surface area contributed by atoms with Crippen molar-refractivity contribution in [2.24, 2.45) is 0 Å². The second-order valence-electron chi connectivity index (χ2n) is 8.35. The van der Waals surface area contributed by atoms with E-state index in [9.17, 15) is 9.59 Å². The molecule has 0 radical (unpaired) electrons. The highest BCUT2D eigenvalue weighted by molar-refractivity contribution is 6.01. The van der Waals surface area contributed by atoms with Crippen LogP contribution in [0.2, 0.25) is 0 Å². The zero-order valence-corrected chi connectivity index (χ0v) is 18.3. The van der Waals surface area contributed by atoms with Crippen molar-refractivity contribution < 1.29 is 14.3 Å². The third kappa shape index (κ3) is 4.36. The van der Waals surface area contributed by atoms with Gasteiger partial charge in [0.05, 0.1) is 19.1 Å². The van der Waals surface area contributed by atoms with Gasteiger partial charge in [0.2, 0.25) is 5.91 Å². The van der Waals surface area contributed by atoms with Gasteiger partial charge in [-0.2, -0.15) is 0 Å². The Morgan fingerprint density at radius 1 is 1.13 bits per heavy atom. The third-order valence-electron chi connectivity index (χ3n) is 6.45. The molecule has 1 aliphatic carbocycles. The molecule has 0 saturated heterocycles. The molecule has 0 bridgehead atoms. The van der Waals surface area contributed by atoms with Crippen molar-refractivity contribution in [1.29, 1.82) is 0 Å². The van der Waals surface area contributed by atoms with Crippen LogP contribution in [0.4, 0.5) is 0 Å². The third-order valence-corrected chi connectivity index (χ3v) is 6.45. The molecule has 0 saturated carbocycles. The van der Waals surface area contributed by atoms with Gasteiger partial charge in [0, 0.05) is 19.2 Å². The van der Waals surface area contributed by atoms with Gasteiger partial charge in [-0.3, -0.25) is 9.59 Å². The number of ether oxygens (including phenoxy) is 1. The van der Waals surface area contributed by atoms with Crippen LogP contribution in [-0.4, -0.2) is 37.4 Å². The summed E-state index contributed by atoms with van der Waals surface area (Å²) < 4.78 is 5.28. The summed E-state index contributed by atoms with van der Waals surface area (Å²) in [4.78, 5) is 28.2. The number of carbonyl (C=O) groups is 2. The van der Waals surface area contributed by atoms with Gasteiger partial charge >= 0.3 is 0 Å². The number of nitrogens with zero attached hydrogens (tertiary/aromatic N) is 1. The maximum absolute atomic E-state index is 13.5. The van der Waals surface area contributed by atoms with E-state index in [-0.39, 0.29) is 17.9 Å². The highest BCUT2D eigenvalue weighted by atomic mass is 16.5. The van der Waals surface area contributed by atoms with Crippen LogP contribution >= 0.6 is 0 Å². The molecule has 1 N–H and O–H groups in total. The molecule has 1 heterocycles. The van der Waals surface area contributed by atoms with Gasteiger partial charge in [-0.05, 0) is 61.4 Å². The maximum atomic E-state index is 13.5. The average Bonchev–Trinajstić information content (AvgIpc) is 2.82. The van der Waals surface area contributed by atoms with Crippen LogP contribution < -0.4 is 10.1 Å². The minimum atomic E-state index is -0.465. The maximum Gasteiger partial charge on any atom is 0.254 e. The number of nitrogens with one attached hydrogen (secondary N) is 1. The van der Waals surface area contributed by atoms with Crippen molar-refractivity contribution in [2.45, 2.75) is 44.1 Å². The topological polar surface area (TPSA) is 58.6 Å². The van der Waals surface area contributed by atoms with Crippen molar-refractivity contribution in [3.8, 4) is 5.75 Å². The SMILES string of the molecule is COc1ccc(C2C(C(=O)NCCC3=CCCCC3)c3ccccc3C(=O)N2C)cc1. The van der Waals surface area contributed by atoms with Crippen LogP contribution in [0.5, 0.6) is 5.75 Å². The lowest BCUT2D eigenvalue weighted by Gasteiger charge is -2.39. The number of likely N-dealkylation sites (N-methyl/N-ethyl adjacent to an activating group) is 1. The van der Waals surface area contributed by atoms with Crippen molar-refractivity contribution in [2.75, 3.05) is 20.7 Å². The van der Waals surface area contributed by atoms with Crippen molar-refractivity contribution in [3.63, 3.8) is 0 Å². The van der Waals surface area contributed by atoms with E-state index in [0.717, 1.165) is 36.1 Å². The Balaban J connectivity index is 1.62. The normalized spacial score (nSPS) is 20.6. The summed E-state index contributed by atoms with van der Waals surface area (Å²) in [6.07, 6.45) is 7.99. The molecular weight excluding hydrogens is 388 g/mol. The summed E-state index contributed by atoms with van der Waals surface area (Å²) in [5, 5.41) is 3.16. The van der Waals surface area contributed by atoms with Crippen molar-refractivity contribution in [3.05, 3.63) is 76.9 Å². The second kappa shape index (κ2) is 9.38. The van der Waals surface area contributed by atoms with Crippen molar-refractivity contribution >= 4 is 11.8 Å². The molecular formula is C26H30N2O3.